The Balaban J connectivity index is 2.66. The van der Waals surface area contributed by atoms with E-state index in [2.05, 4.69) is 5.32 Å². The molecule has 2 rings (SSSR count). The Kier molecular flexibility index (Phi) is 4.12. The van der Waals surface area contributed by atoms with Gasteiger partial charge in [-0.05, 0) is 19.4 Å². The molecule has 0 spiro atoms. The molecule has 1 aliphatic heterocycles. The average molecular weight is 287 g/mol. The lowest BCUT2D eigenvalue weighted by Gasteiger charge is -2.29. The molecule has 0 saturated heterocycles. The van der Waals surface area contributed by atoms with E-state index >= 15 is 0 Å². The Morgan fingerprint density at radius 3 is 2.19 bits per heavy atom. The second-order valence-corrected chi connectivity index (χ2v) is 4.84. The summed E-state index contributed by atoms with van der Waals surface area (Å²) in [6.45, 7) is 3.43. The Bertz CT molecular complexity index is 644. The van der Waals surface area contributed by atoms with Crippen molar-refractivity contribution < 1.29 is 19.4 Å². The minimum absolute atomic E-state index is 0.159. The van der Waals surface area contributed by atoms with Gasteiger partial charge in [0.05, 0.1) is 24.2 Å². The van der Waals surface area contributed by atoms with Gasteiger partial charge in [0.1, 0.15) is 0 Å². The fourth-order valence-electron chi connectivity index (χ4n) is 2.64. The van der Waals surface area contributed by atoms with E-state index in [0.29, 0.717) is 17.0 Å². The Morgan fingerprint density at radius 2 is 1.67 bits per heavy atom. The molecule has 1 atom stereocenters. The molecule has 0 radical (unpaired) electrons. The zero-order valence-corrected chi connectivity index (χ0v) is 12.1. The van der Waals surface area contributed by atoms with Gasteiger partial charge in [0.15, 0.2) is 0 Å². The van der Waals surface area contributed by atoms with Crippen LogP contribution in [0.4, 0.5) is 0 Å². The van der Waals surface area contributed by atoms with Gasteiger partial charge < -0.3 is 15.2 Å². The second kappa shape index (κ2) is 5.83. The summed E-state index contributed by atoms with van der Waals surface area (Å²) in [5, 5.41) is 12.5. The predicted octanol–water partition coefficient (Wildman–Crippen LogP) is 2.18. The van der Waals surface area contributed by atoms with Crippen LogP contribution in [0, 0.1) is 0 Å². The minimum atomic E-state index is -1.05. The van der Waals surface area contributed by atoms with E-state index in [4.69, 9.17) is 4.74 Å². The molecule has 2 N–H and O–H groups in total. The number of esters is 1. The number of carbonyl (C=O) groups is 2. The van der Waals surface area contributed by atoms with Crippen LogP contribution in [0.1, 0.15) is 25.3 Å². The number of hydrogen-bond acceptors (Lipinski definition) is 4. The molecule has 0 saturated carbocycles. The van der Waals surface area contributed by atoms with Gasteiger partial charge in [-0.2, -0.15) is 0 Å². The predicted molar refractivity (Wildman–Crippen MR) is 77.4 cm³/mol. The van der Waals surface area contributed by atoms with Crippen molar-refractivity contribution in [1.82, 2.24) is 5.32 Å². The average Bonchev–Trinajstić information content (AvgIpc) is 2.46. The van der Waals surface area contributed by atoms with Gasteiger partial charge >= 0.3 is 11.9 Å². The van der Waals surface area contributed by atoms with Crippen molar-refractivity contribution in [3.05, 3.63) is 58.4 Å². The van der Waals surface area contributed by atoms with E-state index < -0.39 is 17.9 Å². The SMILES string of the molecule is COC(=O)C1=C(C)NC(C)=C(C(=O)O)C1c1ccccc1. The lowest BCUT2D eigenvalue weighted by Crippen LogP contribution is -2.31. The molecule has 1 unspecified atom stereocenters. The van der Waals surface area contributed by atoms with Crippen LogP contribution in [0.3, 0.4) is 0 Å². The molecule has 1 heterocycles. The topological polar surface area (TPSA) is 75.6 Å². The molecule has 110 valence electrons. The highest BCUT2D eigenvalue weighted by Crippen LogP contribution is 2.38. The van der Waals surface area contributed by atoms with E-state index in [-0.39, 0.29) is 5.57 Å². The third kappa shape index (κ3) is 2.67. The number of methoxy groups -OCH3 is 1. The molecule has 0 bridgehead atoms. The summed E-state index contributed by atoms with van der Waals surface area (Å²) < 4.78 is 4.82. The zero-order valence-electron chi connectivity index (χ0n) is 12.1. The smallest absolute Gasteiger partial charge is 0.336 e. The molecule has 0 aromatic heterocycles. The molecule has 21 heavy (non-hydrogen) atoms. The highest BCUT2D eigenvalue weighted by molar-refractivity contribution is 5.99. The fourth-order valence-corrected chi connectivity index (χ4v) is 2.64. The minimum Gasteiger partial charge on any atom is -0.478 e. The van der Waals surface area contributed by atoms with Gasteiger partial charge in [-0.15, -0.1) is 0 Å². The van der Waals surface area contributed by atoms with E-state index in [1.807, 2.05) is 30.3 Å². The number of hydrogen-bond donors (Lipinski definition) is 2. The van der Waals surface area contributed by atoms with E-state index in [1.165, 1.54) is 7.11 Å². The number of carbonyl (C=O) groups excluding carboxylic acids is 1. The van der Waals surface area contributed by atoms with Gasteiger partial charge in [0.2, 0.25) is 0 Å². The maximum absolute atomic E-state index is 12.1. The summed E-state index contributed by atoms with van der Waals surface area (Å²) in [7, 11) is 1.29. The van der Waals surface area contributed by atoms with Crippen LogP contribution in [0.15, 0.2) is 52.9 Å². The summed E-state index contributed by atoms with van der Waals surface area (Å²) in [4.78, 5) is 23.7. The molecular weight excluding hydrogens is 270 g/mol. The fraction of sp³-hybridized carbons (Fsp3) is 0.250. The highest BCUT2D eigenvalue weighted by Gasteiger charge is 2.36. The largest absolute Gasteiger partial charge is 0.478 e. The van der Waals surface area contributed by atoms with Crippen LogP contribution in [-0.4, -0.2) is 24.2 Å². The van der Waals surface area contributed by atoms with Crippen LogP contribution in [-0.2, 0) is 14.3 Å². The first kappa shape index (κ1) is 14.8. The molecule has 1 aliphatic rings. The molecule has 0 amide bonds. The maximum atomic E-state index is 12.1. The van der Waals surface area contributed by atoms with Crippen LogP contribution < -0.4 is 5.32 Å². The number of benzene rings is 1. The van der Waals surface area contributed by atoms with Crippen molar-refractivity contribution >= 4 is 11.9 Å². The van der Waals surface area contributed by atoms with Crippen molar-refractivity contribution in [3.8, 4) is 0 Å². The van der Waals surface area contributed by atoms with Crippen molar-refractivity contribution in [3.63, 3.8) is 0 Å². The summed E-state index contributed by atoms with van der Waals surface area (Å²) in [5.41, 5.74) is 2.37. The van der Waals surface area contributed by atoms with E-state index in [9.17, 15) is 14.7 Å². The molecular formula is C16H17NO4. The van der Waals surface area contributed by atoms with Crippen molar-refractivity contribution in [2.24, 2.45) is 0 Å². The lowest BCUT2D eigenvalue weighted by atomic mass is 9.80. The quantitative estimate of drug-likeness (QED) is 0.833. The van der Waals surface area contributed by atoms with Gasteiger partial charge in [0.25, 0.3) is 0 Å². The number of aliphatic carboxylic acids is 1. The summed E-state index contributed by atoms with van der Waals surface area (Å²) in [6.07, 6.45) is 0. The van der Waals surface area contributed by atoms with Crippen LogP contribution in [0.5, 0.6) is 0 Å². The number of carboxylic acids is 1. The zero-order chi connectivity index (χ0) is 15.6. The maximum Gasteiger partial charge on any atom is 0.336 e. The summed E-state index contributed by atoms with van der Waals surface area (Å²) in [6, 6.07) is 9.09. The van der Waals surface area contributed by atoms with Gasteiger partial charge in [-0.3, -0.25) is 0 Å². The van der Waals surface area contributed by atoms with Crippen LogP contribution in [0.2, 0.25) is 0 Å². The first-order valence-electron chi connectivity index (χ1n) is 6.52. The van der Waals surface area contributed by atoms with Crippen molar-refractivity contribution in [2.75, 3.05) is 7.11 Å². The van der Waals surface area contributed by atoms with Gasteiger partial charge in [-0.1, -0.05) is 30.3 Å². The number of allylic oxidation sites excluding steroid dienone is 2. The molecule has 0 fully saturated rings. The Morgan fingerprint density at radius 1 is 1.10 bits per heavy atom. The number of ether oxygens (including phenoxy) is 1. The van der Waals surface area contributed by atoms with E-state index in [0.717, 1.165) is 5.56 Å². The Labute approximate surface area is 122 Å². The van der Waals surface area contributed by atoms with Crippen molar-refractivity contribution in [1.29, 1.82) is 0 Å². The monoisotopic (exact) mass is 287 g/mol. The number of rotatable bonds is 3. The number of dihydropyridines is 1. The first-order chi connectivity index (χ1) is 9.97. The Hall–Kier alpha value is -2.56. The molecule has 5 nitrogen and oxygen atoms in total. The van der Waals surface area contributed by atoms with Crippen LogP contribution in [0.25, 0.3) is 0 Å². The number of carboxylic acid groups (broad SMARTS) is 1. The normalized spacial score (nSPS) is 18.3. The lowest BCUT2D eigenvalue weighted by molar-refractivity contribution is -0.136. The second-order valence-electron chi connectivity index (χ2n) is 4.84. The van der Waals surface area contributed by atoms with Gasteiger partial charge in [0, 0.05) is 11.4 Å². The van der Waals surface area contributed by atoms with Crippen LogP contribution >= 0.6 is 0 Å². The van der Waals surface area contributed by atoms with Crippen molar-refractivity contribution in [2.45, 2.75) is 19.8 Å². The third-order valence-corrected chi connectivity index (χ3v) is 3.53. The summed E-state index contributed by atoms with van der Waals surface area (Å²) in [5.74, 6) is -2.22. The molecule has 5 heteroatoms. The molecule has 0 aliphatic carbocycles. The molecule has 1 aromatic carbocycles. The molecule has 1 aromatic rings. The van der Waals surface area contributed by atoms with E-state index in [1.54, 1.807) is 13.8 Å². The first-order valence-corrected chi connectivity index (χ1v) is 6.52. The third-order valence-electron chi connectivity index (χ3n) is 3.53. The van der Waals surface area contributed by atoms with Gasteiger partial charge in [-0.25, -0.2) is 9.59 Å². The highest BCUT2D eigenvalue weighted by atomic mass is 16.5. The number of nitrogens with one attached hydrogen (secondary N) is 1. The standard InChI is InChI=1S/C16H17NO4/c1-9-12(15(18)19)14(11-7-5-4-6-8-11)13(10(2)17-9)16(20)21-3/h4-8,14,17H,1-3H3,(H,18,19). The summed E-state index contributed by atoms with van der Waals surface area (Å²) >= 11 is 0.